The summed E-state index contributed by atoms with van der Waals surface area (Å²) in [6.45, 7) is 0. The highest BCUT2D eigenvalue weighted by Gasteiger charge is 2.13. The third-order valence-electron chi connectivity index (χ3n) is 1.19. The number of aromatic carboxylic acids is 1. The zero-order valence-electron chi connectivity index (χ0n) is 6.14. The van der Waals surface area contributed by atoms with E-state index in [-0.39, 0.29) is 9.77 Å². The van der Waals surface area contributed by atoms with Gasteiger partial charge in [0.15, 0.2) is 9.84 Å². The molecule has 1 aromatic rings. The van der Waals surface area contributed by atoms with Crippen molar-refractivity contribution in [3.63, 3.8) is 0 Å². The molecule has 0 atom stereocenters. The van der Waals surface area contributed by atoms with Crippen molar-refractivity contribution in [2.45, 2.75) is 4.21 Å². The van der Waals surface area contributed by atoms with Gasteiger partial charge in [-0.25, -0.2) is 13.2 Å². The normalized spacial score (nSPS) is 11.4. The van der Waals surface area contributed by atoms with E-state index in [2.05, 4.69) is 0 Å². The molecule has 1 aromatic heterocycles. The lowest BCUT2D eigenvalue weighted by atomic mass is 10.4. The lowest BCUT2D eigenvalue weighted by Crippen LogP contribution is -1.95. The maximum absolute atomic E-state index is 10.9. The number of carboxylic acid groups (broad SMARTS) is 1. The third-order valence-corrected chi connectivity index (χ3v) is 3.96. The van der Waals surface area contributed by atoms with E-state index in [1.54, 1.807) is 0 Å². The Morgan fingerprint density at radius 2 is 2.17 bits per heavy atom. The van der Waals surface area contributed by atoms with E-state index in [1.807, 2.05) is 0 Å². The fraction of sp³-hybridized carbons (Fsp3) is 0.167. The van der Waals surface area contributed by atoms with Crippen molar-refractivity contribution in [1.29, 1.82) is 0 Å². The highest BCUT2D eigenvalue weighted by atomic mass is 32.2. The Morgan fingerprint density at radius 3 is 2.42 bits per heavy atom. The van der Waals surface area contributed by atoms with Gasteiger partial charge in [0.25, 0.3) is 0 Å². The van der Waals surface area contributed by atoms with Crippen LogP contribution in [0.4, 0.5) is 0 Å². The number of rotatable bonds is 2. The summed E-state index contributed by atoms with van der Waals surface area (Å²) in [5.74, 6) is -1.11. The molecule has 0 unspecified atom stereocenters. The quantitative estimate of drug-likeness (QED) is 0.778. The summed E-state index contributed by atoms with van der Waals surface area (Å²) in [5.41, 5.74) is 0.0143. The topological polar surface area (TPSA) is 71.4 Å². The maximum atomic E-state index is 10.9. The average Bonchev–Trinajstić information content (AvgIpc) is 2.30. The summed E-state index contributed by atoms with van der Waals surface area (Å²) < 4.78 is 21.9. The van der Waals surface area contributed by atoms with Crippen LogP contribution in [0.2, 0.25) is 0 Å². The van der Waals surface area contributed by atoms with Crippen molar-refractivity contribution >= 4 is 27.1 Å². The first-order valence-electron chi connectivity index (χ1n) is 2.93. The van der Waals surface area contributed by atoms with E-state index in [0.717, 1.165) is 23.7 Å². The molecular weight excluding hydrogens is 200 g/mol. The van der Waals surface area contributed by atoms with E-state index < -0.39 is 15.8 Å². The number of carbonyl (C=O) groups is 1. The summed E-state index contributed by atoms with van der Waals surface area (Å²) in [4.78, 5) is 10.4. The zero-order valence-corrected chi connectivity index (χ0v) is 7.78. The molecule has 0 bridgehead atoms. The van der Waals surface area contributed by atoms with Crippen LogP contribution in [0.5, 0.6) is 0 Å². The van der Waals surface area contributed by atoms with Gasteiger partial charge in [0.1, 0.15) is 4.21 Å². The van der Waals surface area contributed by atoms with E-state index in [4.69, 9.17) is 5.11 Å². The number of thiophene rings is 1. The van der Waals surface area contributed by atoms with Gasteiger partial charge in [-0.2, -0.15) is 0 Å². The van der Waals surface area contributed by atoms with Crippen LogP contribution in [-0.4, -0.2) is 25.7 Å². The Balaban J connectivity index is 3.17. The van der Waals surface area contributed by atoms with Gasteiger partial charge in [-0.1, -0.05) is 0 Å². The van der Waals surface area contributed by atoms with E-state index >= 15 is 0 Å². The molecule has 0 aliphatic heterocycles. The molecule has 0 aliphatic rings. The van der Waals surface area contributed by atoms with Gasteiger partial charge in [0.2, 0.25) is 0 Å². The molecular formula is C6H6O4S2. The first kappa shape index (κ1) is 9.21. The summed E-state index contributed by atoms with van der Waals surface area (Å²) in [5, 5.41) is 9.78. The van der Waals surface area contributed by atoms with Crippen LogP contribution in [0.1, 0.15) is 10.4 Å². The van der Waals surface area contributed by atoms with Gasteiger partial charge in [-0.3, -0.25) is 0 Å². The monoisotopic (exact) mass is 206 g/mol. The van der Waals surface area contributed by atoms with Crippen LogP contribution in [0.15, 0.2) is 15.7 Å². The third kappa shape index (κ3) is 1.83. The summed E-state index contributed by atoms with van der Waals surface area (Å²) in [6, 6.07) is 1.16. The second-order valence-electron chi connectivity index (χ2n) is 2.23. The minimum absolute atomic E-state index is 0.0143. The van der Waals surface area contributed by atoms with Crippen LogP contribution in [0, 0.1) is 0 Å². The summed E-state index contributed by atoms with van der Waals surface area (Å²) in [7, 11) is -3.26. The van der Waals surface area contributed by atoms with Gasteiger partial charge in [-0.05, 0) is 6.07 Å². The van der Waals surface area contributed by atoms with Crippen LogP contribution in [0.3, 0.4) is 0 Å². The van der Waals surface area contributed by atoms with Crippen molar-refractivity contribution in [1.82, 2.24) is 0 Å². The average molecular weight is 206 g/mol. The van der Waals surface area contributed by atoms with Crippen molar-refractivity contribution in [2.24, 2.45) is 0 Å². The molecule has 0 saturated carbocycles. The van der Waals surface area contributed by atoms with Crippen molar-refractivity contribution in [2.75, 3.05) is 6.26 Å². The van der Waals surface area contributed by atoms with Crippen LogP contribution in [-0.2, 0) is 9.84 Å². The van der Waals surface area contributed by atoms with Gasteiger partial charge in [0.05, 0.1) is 5.56 Å². The largest absolute Gasteiger partial charge is 0.478 e. The molecule has 0 saturated heterocycles. The summed E-state index contributed by atoms with van der Waals surface area (Å²) in [6.07, 6.45) is 1.05. The minimum Gasteiger partial charge on any atom is -0.478 e. The van der Waals surface area contributed by atoms with Gasteiger partial charge < -0.3 is 5.11 Å². The highest BCUT2D eigenvalue weighted by Crippen LogP contribution is 2.19. The predicted octanol–water partition coefficient (Wildman–Crippen LogP) is 0.850. The number of hydrogen-bond acceptors (Lipinski definition) is 4. The SMILES string of the molecule is CS(=O)(=O)c1cc(C(=O)O)cs1. The molecule has 0 spiro atoms. The Morgan fingerprint density at radius 1 is 1.58 bits per heavy atom. The van der Waals surface area contributed by atoms with E-state index in [9.17, 15) is 13.2 Å². The molecule has 6 heteroatoms. The molecule has 0 aliphatic carbocycles. The molecule has 4 nitrogen and oxygen atoms in total. The molecule has 0 amide bonds. The first-order chi connectivity index (χ1) is 5.41. The van der Waals surface area contributed by atoms with Crippen LogP contribution >= 0.6 is 11.3 Å². The Labute approximate surface area is 73.4 Å². The Hall–Kier alpha value is -0.880. The molecule has 66 valence electrons. The molecule has 0 aromatic carbocycles. The van der Waals surface area contributed by atoms with E-state index in [0.29, 0.717) is 0 Å². The lowest BCUT2D eigenvalue weighted by molar-refractivity contribution is 0.0697. The van der Waals surface area contributed by atoms with Crippen LogP contribution in [0.25, 0.3) is 0 Å². The Bertz CT molecular complexity index is 401. The molecule has 0 radical (unpaired) electrons. The lowest BCUT2D eigenvalue weighted by Gasteiger charge is -1.87. The molecule has 1 N–H and O–H groups in total. The minimum atomic E-state index is -3.26. The first-order valence-corrected chi connectivity index (χ1v) is 5.70. The van der Waals surface area contributed by atoms with Crippen molar-refractivity contribution in [3.05, 3.63) is 17.0 Å². The molecule has 1 rings (SSSR count). The predicted molar refractivity (Wildman–Crippen MR) is 44.4 cm³/mol. The fourth-order valence-electron chi connectivity index (χ4n) is 0.623. The van der Waals surface area contributed by atoms with Crippen molar-refractivity contribution in [3.8, 4) is 0 Å². The standard InChI is InChI=1S/C6H6O4S2/c1-12(9,10)5-2-4(3-11-5)6(7)8/h2-3H,1H3,(H,7,8). The summed E-state index contributed by atoms with van der Waals surface area (Å²) >= 11 is 0.916. The van der Waals surface area contributed by atoms with Gasteiger partial charge >= 0.3 is 5.97 Å². The Kier molecular flexibility index (Phi) is 2.20. The number of sulfone groups is 1. The maximum Gasteiger partial charge on any atom is 0.336 e. The highest BCUT2D eigenvalue weighted by molar-refractivity contribution is 7.92. The second kappa shape index (κ2) is 2.87. The van der Waals surface area contributed by atoms with Crippen molar-refractivity contribution < 1.29 is 18.3 Å². The molecule has 0 fully saturated rings. The number of hydrogen-bond donors (Lipinski definition) is 1. The van der Waals surface area contributed by atoms with Crippen LogP contribution < -0.4 is 0 Å². The number of carboxylic acids is 1. The molecule has 1 heterocycles. The zero-order chi connectivity index (χ0) is 9.35. The fourth-order valence-corrected chi connectivity index (χ4v) is 2.41. The van der Waals surface area contributed by atoms with E-state index in [1.165, 1.54) is 5.38 Å². The smallest absolute Gasteiger partial charge is 0.336 e. The molecule has 12 heavy (non-hydrogen) atoms. The van der Waals surface area contributed by atoms with Gasteiger partial charge in [-0.15, -0.1) is 11.3 Å². The van der Waals surface area contributed by atoms with Gasteiger partial charge in [0, 0.05) is 11.6 Å². The second-order valence-corrected chi connectivity index (χ2v) is 5.39.